The highest BCUT2D eigenvalue weighted by atomic mass is 79.9. The molecule has 170 valence electrons. The summed E-state index contributed by atoms with van der Waals surface area (Å²) in [6, 6.07) is 1.19. The Labute approximate surface area is 191 Å². The van der Waals surface area contributed by atoms with Crippen molar-refractivity contribution in [3.05, 3.63) is 38.9 Å². The number of carbonyl (C=O) groups excluding carboxylic acids is 2. The Kier molecular flexibility index (Phi) is 7.44. The van der Waals surface area contributed by atoms with Crippen molar-refractivity contribution in [1.82, 2.24) is 5.32 Å². The van der Waals surface area contributed by atoms with Crippen LogP contribution in [0.25, 0.3) is 0 Å². The van der Waals surface area contributed by atoms with E-state index in [0.717, 1.165) is 29.3 Å². The van der Waals surface area contributed by atoms with Gasteiger partial charge in [0.1, 0.15) is 24.0 Å². The van der Waals surface area contributed by atoms with E-state index in [4.69, 9.17) is 10.5 Å². The molecule has 2 aliphatic rings. The molecule has 4 atom stereocenters. The Balaban J connectivity index is 1.85. The van der Waals surface area contributed by atoms with Crippen molar-refractivity contribution >= 4 is 27.7 Å². The third kappa shape index (κ3) is 5.30. The number of primary amides is 1. The number of nitrogens with one attached hydrogen (secondary N) is 1. The molecule has 31 heavy (non-hydrogen) atoms. The summed E-state index contributed by atoms with van der Waals surface area (Å²) in [5, 5.41) is 23.6. The van der Waals surface area contributed by atoms with Crippen LogP contribution in [0.3, 0.4) is 0 Å². The summed E-state index contributed by atoms with van der Waals surface area (Å²) in [5.41, 5.74) is 9.24. The highest BCUT2D eigenvalue weighted by molar-refractivity contribution is 9.10. The van der Waals surface area contributed by atoms with Crippen LogP contribution in [0, 0.1) is 12.8 Å². The molecular weight excluding hydrogens is 464 g/mol. The van der Waals surface area contributed by atoms with E-state index >= 15 is 0 Å². The van der Waals surface area contributed by atoms with Crippen LogP contribution in [0.15, 0.2) is 22.2 Å². The predicted octanol–water partition coefficient (Wildman–Crippen LogP) is 2.06. The van der Waals surface area contributed by atoms with Crippen molar-refractivity contribution < 1.29 is 24.5 Å². The summed E-state index contributed by atoms with van der Waals surface area (Å²) in [5.74, 6) is -0.284. The average molecular weight is 495 g/mol. The van der Waals surface area contributed by atoms with Crippen LogP contribution in [0.2, 0.25) is 0 Å². The molecule has 0 aliphatic heterocycles. The van der Waals surface area contributed by atoms with Gasteiger partial charge in [-0.3, -0.25) is 9.59 Å². The van der Waals surface area contributed by atoms with Gasteiger partial charge in [-0.15, -0.1) is 0 Å². The van der Waals surface area contributed by atoms with Crippen molar-refractivity contribution in [1.29, 1.82) is 0 Å². The molecule has 0 saturated carbocycles. The first-order valence-corrected chi connectivity index (χ1v) is 11.5. The second-order valence-electron chi connectivity index (χ2n) is 8.91. The lowest BCUT2D eigenvalue weighted by Crippen LogP contribution is -2.49. The molecule has 1 aromatic rings. The quantitative estimate of drug-likeness (QED) is 0.462. The number of ether oxygens (including phenoxy) is 1. The SMILES string of the molecule is Cc1cc(Br)c(OC2C=C(C(=O)NC(CC(C)C)C(N)=O)CC(O)C2O)c2c1CCC2. The molecule has 0 heterocycles. The minimum atomic E-state index is -1.18. The summed E-state index contributed by atoms with van der Waals surface area (Å²) in [7, 11) is 0. The first-order chi connectivity index (χ1) is 14.6. The highest BCUT2D eigenvalue weighted by Gasteiger charge is 2.36. The molecule has 8 heteroatoms. The van der Waals surface area contributed by atoms with Crippen molar-refractivity contribution in [3.8, 4) is 5.75 Å². The largest absolute Gasteiger partial charge is 0.482 e. The lowest BCUT2D eigenvalue weighted by molar-refractivity contribution is -0.126. The van der Waals surface area contributed by atoms with Crippen LogP contribution in [0.1, 0.15) is 49.8 Å². The van der Waals surface area contributed by atoms with Gasteiger partial charge >= 0.3 is 0 Å². The number of amides is 2. The van der Waals surface area contributed by atoms with Gasteiger partial charge in [-0.25, -0.2) is 0 Å². The average Bonchev–Trinajstić information content (AvgIpc) is 3.17. The molecule has 1 aromatic carbocycles. The summed E-state index contributed by atoms with van der Waals surface area (Å²) in [6.07, 6.45) is 1.58. The Bertz CT molecular complexity index is 898. The van der Waals surface area contributed by atoms with Crippen molar-refractivity contribution in [3.63, 3.8) is 0 Å². The summed E-state index contributed by atoms with van der Waals surface area (Å²) in [6.45, 7) is 5.93. The van der Waals surface area contributed by atoms with E-state index in [-0.39, 0.29) is 17.9 Å². The number of hydrogen-bond donors (Lipinski definition) is 4. The molecule has 5 N–H and O–H groups in total. The number of carbonyl (C=O) groups is 2. The van der Waals surface area contributed by atoms with Gasteiger partial charge in [0.15, 0.2) is 0 Å². The smallest absolute Gasteiger partial charge is 0.247 e. The van der Waals surface area contributed by atoms with E-state index in [1.165, 1.54) is 17.2 Å². The van der Waals surface area contributed by atoms with Crippen LogP contribution in [0.5, 0.6) is 5.75 Å². The van der Waals surface area contributed by atoms with Crippen molar-refractivity contribution in [2.75, 3.05) is 0 Å². The lowest BCUT2D eigenvalue weighted by atomic mass is 9.91. The van der Waals surface area contributed by atoms with Gasteiger partial charge in [-0.1, -0.05) is 13.8 Å². The number of rotatable bonds is 7. The first-order valence-electron chi connectivity index (χ1n) is 10.7. The number of aryl methyl sites for hydroxylation is 1. The van der Waals surface area contributed by atoms with Crippen molar-refractivity contribution in [2.24, 2.45) is 11.7 Å². The molecule has 0 radical (unpaired) electrons. The molecule has 2 aliphatic carbocycles. The fourth-order valence-corrected chi connectivity index (χ4v) is 5.03. The Morgan fingerprint density at radius 1 is 1.29 bits per heavy atom. The van der Waals surface area contributed by atoms with Crippen molar-refractivity contribution in [2.45, 2.75) is 77.2 Å². The van der Waals surface area contributed by atoms with Gasteiger partial charge in [0.2, 0.25) is 11.8 Å². The fourth-order valence-electron chi connectivity index (χ4n) is 4.35. The Morgan fingerprint density at radius 3 is 2.61 bits per heavy atom. The number of nitrogens with two attached hydrogens (primary N) is 1. The number of benzene rings is 1. The number of hydrogen-bond acceptors (Lipinski definition) is 5. The highest BCUT2D eigenvalue weighted by Crippen LogP contribution is 2.40. The molecular formula is C23H31BrN2O5. The van der Waals surface area contributed by atoms with Gasteiger partial charge in [0, 0.05) is 12.0 Å². The van der Waals surface area contributed by atoms with Gasteiger partial charge < -0.3 is 26.0 Å². The zero-order chi connectivity index (χ0) is 22.9. The second kappa shape index (κ2) is 9.71. The Morgan fingerprint density at radius 2 is 1.97 bits per heavy atom. The molecule has 7 nitrogen and oxygen atoms in total. The van der Waals surface area contributed by atoms with E-state index in [1.54, 1.807) is 0 Å². The third-order valence-electron chi connectivity index (χ3n) is 5.95. The Hall–Kier alpha value is -1.90. The number of fused-ring (bicyclic) bond motifs is 1. The van der Waals surface area contributed by atoms with Crippen LogP contribution >= 0.6 is 15.9 Å². The van der Waals surface area contributed by atoms with E-state index in [2.05, 4.69) is 28.2 Å². The summed E-state index contributed by atoms with van der Waals surface area (Å²) in [4.78, 5) is 24.5. The number of halogens is 1. The molecule has 0 fully saturated rings. The molecule has 2 amide bonds. The maximum Gasteiger partial charge on any atom is 0.247 e. The standard InChI is InChI=1S/C23H31BrN2O5/c1-11(2)7-17(22(25)29)26-23(30)13-9-18(27)20(28)19(10-13)31-21-15-6-4-5-14(15)12(3)8-16(21)24/h8,10-11,17-20,27-28H,4-7,9H2,1-3H3,(H2,25,29)(H,26,30). The zero-order valence-corrected chi connectivity index (χ0v) is 19.7. The molecule has 0 saturated heterocycles. The first kappa shape index (κ1) is 23.8. The van der Waals surface area contributed by atoms with Crippen LogP contribution in [-0.4, -0.2) is 46.4 Å². The number of aliphatic hydroxyl groups is 2. The van der Waals surface area contributed by atoms with Gasteiger partial charge in [-0.2, -0.15) is 0 Å². The third-order valence-corrected chi connectivity index (χ3v) is 6.54. The van der Waals surface area contributed by atoms with Gasteiger partial charge in [0.25, 0.3) is 0 Å². The van der Waals surface area contributed by atoms with Crippen LogP contribution < -0.4 is 15.8 Å². The predicted molar refractivity (Wildman–Crippen MR) is 121 cm³/mol. The van der Waals surface area contributed by atoms with E-state index in [9.17, 15) is 19.8 Å². The van der Waals surface area contributed by atoms with E-state index in [1.807, 2.05) is 19.9 Å². The van der Waals surface area contributed by atoms with E-state index in [0.29, 0.717) is 12.2 Å². The van der Waals surface area contributed by atoms with Crippen LogP contribution in [0.4, 0.5) is 0 Å². The molecule has 0 bridgehead atoms. The maximum atomic E-state index is 12.8. The number of aliphatic hydroxyl groups excluding tert-OH is 2. The topological polar surface area (TPSA) is 122 Å². The fraction of sp³-hybridized carbons (Fsp3) is 0.565. The minimum absolute atomic E-state index is 0.0345. The molecule has 0 spiro atoms. The molecule has 3 rings (SSSR count). The monoisotopic (exact) mass is 494 g/mol. The normalized spacial score (nSPS) is 23.8. The maximum absolute atomic E-state index is 12.8. The second-order valence-corrected chi connectivity index (χ2v) is 9.76. The van der Waals surface area contributed by atoms with Crippen LogP contribution in [-0.2, 0) is 22.4 Å². The molecule has 4 unspecified atom stereocenters. The summed E-state index contributed by atoms with van der Waals surface area (Å²) >= 11 is 3.56. The summed E-state index contributed by atoms with van der Waals surface area (Å²) < 4.78 is 6.94. The van der Waals surface area contributed by atoms with Gasteiger partial charge in [-0.05, 0) is 83.3 Å². The minimum Gasteiger partial charge on any atom is -0.482 e. The zero-order valence-electron chi connectivity index (χ0n) is 18.2. The van der Waals surface area contributed by atoms with E-state index < -0.39 is 36.2 Å². The lowest BCUT2D eigenvalue weighted by Gasteiger charge is -2.32. The molecule has 0 aromatic heterocycles. The van der Waals surface area contributed by atoms with Gasteiger partial charge in [0.05, 0.1) is 10.6 Å².